The third kappa shape index (κ3) is 2.28. The molecule has 0 aliphatic heterocycles. The first-order valence-electron chi connectivity index (χ1n) is 3.14. The van der Waals surface area contributed by atoms with E-state index in [1.165, 1.54) is 0 Å². The van der Waals surface area contributed by atoms with Crippen molar-refractivity contribution in [3.05, 3.63) is 0 Å². The molecule has 0 saturated carbocycles. The molecule has 0 rings (SSSR count). The summed E-state index contributed by atoms with van der Waals surface area (Å²) < 4.78 is 0. The smallest absolute Gasteiger partial charge is 0.107 e. The van der Waals surface area contributed by atoms with Crippen LogP contribution in [0.1, 0.15) is 13.8 Å². The van der Waals surface area contributed by atoms with E-state index in [-0.39, 0.29) is 0 Å². The summed E-state index contributed by atoms with van der Waals surface area (Å²) in [6, 6.07) is 0. The molecular weight excluding hydrogens is 100 g/mol. The van der Waals surface area contributed by atoms with Gasteiger partial charge in [-0.2, -0.15) is 0 Å². The summed E-state index contributed by atoms with van der Waals surface area (Å²) in [7, 11) is 4.12. The van der Waals surface area contributed by atoms with Gasteiger partial charge in [0.25, 0.3) is 0 Å². The van der Waals surface area contributed by atoms with Gasteiger partial charge in [0.15, 0.2) is 0 Å². The molecule has 1 radical (unpaired) electrons. The van der Waals surface area contributed by atoms with Crippen molar-refractivity contribution in [2.24, 2.45) is 0 Å². The minimum atomic E-state index is 1.10. The van der Waals surface area contributed by atoms with Gasteiger partial charge >= 0.3 is 0 Å². The molecule has 8 heavy (non-hydrogen) atoms. The Hall–Kier alpha value is -0.0800. The van der Waals surface area contributed by atoms with E-state index in [0.29, 0.717) is 0 Å². The number of hydrogen-bond acceptors (Lipinski definition) is 2. The Kier molecular flexibility index (Phi) is 3.83. The van der Waals surface area contributed by atoms with Crippen molar-refractivity contribution in [3.8, 4) is 0 Å². The van der Waals surface area contributed by atoms with E-state index in [9.17, 15) is 0 Å². The summed E-state index contributed by atoms with van der Waals surface area (Å²) in [6.07, 6.45) is 0. The lowest BCUT2D eigenvalue weighted by Gasteiger charge is -2.13. The Morgan fingerprint density at radius 2 is 1.50 bits per heavy atom. The van der Waals surface area contributed by atoms with Crippen LogP contribution in [0.5, 0.6) is 0 Å². The standard InChI is InChI=1S/C6H16N2/c1-5-8(6-2)7(3)4/h5-6H2,1-4H3/q+1. The van der Waals surface area contributed by atoms with E-state index in [2.05, 4.69) is 38.0 Å². The van der Waals surface area contributed by atoms with Crippen LogP contribution in [-0.4, -0.2) is 32.2 Å². The third-order valence-corrected chi connectivity index (χ3v) is 1.30. The van der Waals surface area contributed by atoms with Crippen LogP contribution in [0, 0.1) is 0 Å². The maximum absolute atomic E-state index is 2.25. The molecule has 0 unspecified atom stereocenters. The van der Waals surface area contributed by atoms with Gasteiger partial charge in [-0.3, -0.25) is 0 Å². The average molecular weight is 116 g/mol. The molecule has 0 fully saturated rings. The highest BCUT2D eigenvalue weighted by atomic mass is 15.6. The molecule has 0 aromatic rings. The molecule has 0 N–H and O–H groups in total. The van der Waals surface area contributed by atoms with Crippen molar-refractivity contribution in [2.75, 3.05) is 27.2 Å². The van der Waals surface area contributed by atoms with E-state index < -0.39 is 0 Å². The van der Waals surface area contributed by atoms with Gasteiger partial charge < -0.3 is 0 Å². The zero-order chi connectivity index (χ0) is 6.57. The number of hydrazine groups is 1. The highest BCUT2D eigenvalue weighted by Crippen LogP contribution is 1.83. The van der Waals surface area contributed by atoms with E-state index in [1.54, 1.807) is 0 Å². The average Bonchev–Trinajstić information content (AvgIpc) is 1.69. The molecule has 0 amide bonds. The second-order valence-electron chi connectivity index (χ2n) is 1.99. The fourth-order valence-corrected chi connectivity index (χ4v) is 0.789. The summed E-state index contributed by atoms with van der Waals surface area (Å²) >= 11 is 0. The molecule has 0 atom stereocenters. The normalized spacial score (nSPS) is 11.2. The van der Waals surface area contributed by atoms with Gasteiger partial charge in [-0.05, 0) is 13.8 Å². The fourth-order valence-electron chi connectivity index (χ4n) is 0.789. The first-order valence-corrected chi connectivity index (χ1v) is 3.14. The molecule has 0 aliphatic carbocycles. The lowest BCUT2D eigenvalue weighted by atomic mass is 10.6. The van der Waals surface area contributed by atoms with Gasteiger partial charge in [-0.1, -0.05) is 5.01 Å². The van der Waals surface area contributed by atoms with Gasteiger partial charge in [0, 0.05) is 0 Å². The van der Waals surface area contributed by atoms with Crippen LogP contribution < -0.4 is 5.01 Å². The monoisotopic (exact) mass is 116 g/mol. The first-order chi connectivity index (χ1) is 3.72. The van der Waals surface area contributed by atoms with Crippen LogP contribution >= 0.6 is 0 Å². The Balaban J connectivity index is 3.35. The summed E-state index contributed by atoms with van der Waals surface area (Å²) in [4.78, 5) is 0. The van der Waals surface area contributed by atoms with Crippen molar-refractivity contribution in [2.45, 2.75) is 13.8 Å². The molecule has 2 nitrogen and oxygen atoms in total. The quantitative estimate of drug-likeness (QED) is 0.388. The molecule has 49 valence electrons. The SMILES string of the molecule is CCN(CC)[N+](C)C. The Morgan fingerprint density at radius 1 is 1.12 bits per heavy atom. The molecule has 2 heteroatoms. The van der Waals surface area contributed by atoms with Crippen molar-refractivity contribution in [1.29, 1.82) is 0 Å². The van der Waals surface area contributed by atoms with Gasteiger partial charge in [-0.15, -0.1) is 5.01 Å². The predicted octanol–water partition coefficient (Wildman–Crippen LogP) is 0.643. The first kappa shape index (κ1) is 7.92. The fraction of sp³-hybridized carbons (Fsp3) is 1.00. The van der Waals surface area contributed by atoms with Crippen molar-refractivity contribution >= 4 is 0 Å². The highest BCUT2D eigenvalue weighted by molar-refractivity contribution is 4.44. The van der Waals surface area contributed by atoms with Crippen LogP contribution in [0.3, 0.4) is 0 Å². The lowest BCUT2D eigenvalue weighted by molar-refractivity contribution is 0.129. The second-order valence-corrected chi connectivity index (χ2v) is 1.99. The largest absolute Gasteiger partial charge is 0.134 e. The topological polar surface area (TPSA) is 9.14 Å². The second kappa shape index (κ2) is 3.87. The zero-order valence-electron chi connectivity index (χ0n) is 6.31. The van der Waals surface area contributed by atoms with Crippen LogP contribution in [0.4, 0.5) is 0 Å². The van der Waals surface area contributed by atoms with Gasteiger partial charge in [0.05, 0.1) is 13.1 Å². The molecule has 0 aliphatic rings. The predicted molar refractivity (Wildman–Crippen MR) is 36.9 cm³/mol. The number of nitrogens with zero attached hydrogens (tertiary/aromatic N) is 2. The maximum Gasteiger partial charge on any atom is 0.134 e. The minimum absolute atomic E-state index is 1.10. The number of rotatable bonds is 3. The van der Waals surface area contributed by atoms with Crippen molar-refractivity contribution < 1.29 is 0 Å². The maximum atomic E-state index is 2.25. The molecule has 0 saturated heterocycles. The van der Waals surface area contributed by atoms with Crippen molar-refractivity contribution in [3.63, 3.8) is 0 Å². The zero-order valence-corrected chi connectivity index (χ0v) is 6.31. The van der Waals surface area contributed by atoms with Crippen LogP contribution in [0.15, 0.2) is 0 Å². The molecular formula is C6H16N2+. The Bertz CT molecular complexity index is 48.5. The van der Waals surface area contributed by atoms with E-state index in [0.717, 1.165) is 13.1 Å². The van der Waals surface area contributed by atoms with Crippen LogP contribution in [0.25, 0.3) is 0 Å². The van der Waals surface area contributed by atoms with E-state index in [4.69, 9.17) is 0 Å². The van der Waals surface area contributed by atoms with Gasteiger partial charge in [0.1, 0.15) is 14.1 Å². The molecule has 0 spiro atoms. The molecule has 0 bridgehead atoms. The minimum Gasteiger partial charge on any atom is -0.107 e. The highest BCUT2D eigenvalue weighted by Gasteiger charge is 2.08. The van der Waals surface area contributed by atoms with Crippen LogP contribution in [-0.2, 0) is 0 Å². The summed E-state index contributed by atoms with van der Waals surface area (Å²) in [6.45, 7) is 6.51. The lowest BCUT2D eigenvalue weighted by Crippen LogP contribution is -2.41. The summed E-state index contributed by atoms with van der Waals surface area (Å²) in [5, 5.41) is 4.36. The van der Waals surface area contributed by atoms with E-state index >= 15 is 0 Å². The summed E-state index contributed by atoms with van der Waals surface area (Å²) in [5.74, 6) is 0. The Morgan fingerprint density at radius 3 is 1.50 bits per heavy atom. The Labute approximate surface area is 52.1 Å². The molecule has 0 heterocycles. The van der Waals surface area contributed by atoms with Gasteiger partial charge in [0.2, 0.25) is 0 Å². The third-order valence-electron chi connectivity index (χ3n) is 1.30. The van der Waals surface area contributed by atoms with Crippen LogP contribution in [0.2, 0.25) is 0 Å². The molecule has 0 aromatic heterocycles. The summed E-state index contributed by atoms with van der Waals surface area (Å²) in [5.41, 5.74) is 0. The molecule has 0 aromatic carbocycles. The van der Waals surface area contributed by atoms with E-state index in [1.807, 2.05) is 0 Å². The van der Waals surface area contributed by atoms with Gasteiger partial charge in [-0.25, -0.2) is 0 Å². The number of hydrogen-bond donors (Lipinski definition) is 0. The van der Waals surface area contributed by atoms with Crippen molar-refractivity contribution in [1.82, 2.24) is 10.0 Å².